The Morgan fingerprint density at radius 3 is 1.85 bits per heavy atom. The highest BCUT2D eigenvalue weighted by molar-refractivity contribution is 5.13. The predicted molar refractivity (Wildman–Crippen MR) is 56.7 cm³/mol. The first-order valence-electron chi connectivity index (χ1n) is 5.58. The van der Waals surface area contributed by atoms with Crippen molar-refractivity contribution in [1.82, 2.24) is 4.90 Å². The van der Waals surface area contributed by atoms with Crippen LogP contribution >= 0.6 is 0 Å². The van der Waals surface area contributed by atoms with Gasteiger partial charge in [0.05, 0.1) is 0 Å². The molecule has 0 radical (unpaired) electrons. The third kappa shape index (κ3) is 0.918. The smallest absolute Gasteiger partial charge is 0.0257 e. The molecule has 13 heavy (non-hydrogen) atoms. The summed E-state index contributed by atoms with van der Waals surface area (Å²) in [5.41, 5.74) is 0.954. The third-order valence-corrected chi connectivity index (χ3v) is 5.48. The molecule has 0 saturated heterocycles. The van der Waals surface area contributed by atoms with Crippen molar-refractivity contribution in [2.75, 3.05) is 14.1 Å². The van der Waals surface area contributed by atoms with Gasteiger partial charge in [0.15, 0.2) is 0 Å². The highest BCUT2D eigenvalue weighted by Gasteiger charge is 2.61. The Morgan fingerprint density at radius 1 is 1.00 bits per heavy atom. The van der Waals surface area contributed by atoms with Crippen LogP contribution in [0.3, 0.4) is 0 Å². The summed E-state index contributed by atoms with van der Waals surface area (Å²) in [6.07, 6.45) is 4.41. The first kappa shape index (κ1) is 9.51. The summed E-state index contributed by atoms with van der Waals surface area (Å²) in [4.78, 5) is 2.47. The molecule has 0 heterocycles. The molecule has 0 aromatic rings. The maximum atomic E-state index is 2.47. The van der Waals surface area contributed by atoms with Gasteiger partial charge in [-0.25, -0.2) is 0 Å². The monoisotopic (exact) mass is 181 g/mol. The number of hydrogen-bond donors (Lipinski definition) is 0. The van der Waals surface area contributed by atoms with Crippen LogP contribution in [-0.4, -0.2) is 24.5 Å². The Kier molecular flexibility index (Phi) is 1.83. The van der Waals surface area contributed by atoms with E-state index in [-0.39, 0.29) is 0 Å². The van der Waals surface area contributed by atoms with Crippen molar-refractivity contribution in [3.05, 3.63) is 0 Å². The van der Waals surface area contributed by atoms with Crippen LogP contribution in [0.4, 0.5) is 0 Å². The standard InChI is InChI=1S/C12H23N/c1-11(2)9-6-7-10(8-9)12(11,3)13(4)5/h9-10H,6-8H2,1-5H3/t9-,10-,12-/m0/s1. The van der Waals surface area contributed by atoms with E-state index in [9.17, 15) is 0 Å². The molecule has 2 fully saturated rings. The zero-order chi connectivity index (χ0) is 9.85. The summed E-state index contributed by atoms with van der Waals surface area (Å²) in [6.45, 7) is 7.41. The fraction of sp³-hybridized carbons (Fsp3) is 1.00. The normalized spacial score (nSPS) is 47.5. The molecular formula is C12H23N. The molecule has 0 spiro atoms. The van der Waals surface area contributed by atoms with Crippen LogP contribution in [0.1, 0.15) is 40.0 Å². The maximum Gasteiger partial charge on any atom is 0.0257 e. The van der Waals surface area contributed by atoms with Gasteiger partial charge in [0.2, 0.25) is 0 Å². The van der Waals surface area contributed by atoms with Crippen molar-refractivity contribution in [2.45, 2.75) is 45.6 Å². The lowest BCUT2D eigenvalue weighted by Crippen LogP contribution is -2.56. The average molecular weight is 181 g/mol. The van der Waals surface area contributed by atoms with Gasteiger partial charge in [0, 0.05) is 5.54 Å². The molecule has 0 N–H and O–H groups in total. The molecule has 2 aliphatic carbocycles. The lowest BCUT2D eigenvalue weighted by atomic mass is 9.63. The largest absolute Gasteiger partial charge is 0.303 e. The van der Waals surface area contributed by atoms with E-state index in [1.165, 1.54) is 19.3 Å². The van der Waals surface area contributed by atoms with Crippen molar-refractivity contribution in [3.8, 4) is 0 Å². The Balaban J connectivity index is 2.38. The number of hydrogen-bond acceptors (Lipinski definition) is 1. The zero-order valence-electron chi connectivity index (χ0n) is 9.72. The van der Waals surface area contributed by atoms with E-state index in [4.69, 9.17) is 0 Å². The van der Waals surface area contributed by atoms with Crippen molar-refractivity contribution >= 4 is 0 Å². The highest BCUT2D eigenvalue weighted by atomic mass is 15.2. The molecule has 2 saturated carbocycles. The molecule has 0 aliphatic heterocycles. The van der Waals surface area contributed by atoms with Crippen LogP contribution in [-0.2, 0) is 0 Å². The Hall–Kier alpha value is -0.0400. The van der Waals surface area contributed by atoms with E-state index in [0.717, 1.165) is 11.8 Å². The van der Waals surface area contributed by atoms with Crippen LogP contribution in [0.5, 0.6) is 0 Å². The average Bonchev–Trinajstić information content (AvgIpc) is 2.54. The fourth-order valence-electron chi connectivity index (χ4n) is 4.03. The molecule has 1 heteroatoms. The van der Waals surface area contributed by atoms with Gasteiger partial charge in [-0.1, -0.05) is 13.8 Å². The quantitative estimate of drug-likeness (QED) is 0.601. The summed E-state index contributed by atoms with van der Waals surface area (Å²) >= 11 is 0. The molecule has 0 aromatic heterocycles. The molecule has 3 atom stereocenters. The maximum absolute atomic E-state index is 2.47. The number of rotatable bonds is 1. The Morgan fingerprint density at radius 2 is 1.54 bits per heavy atom. The van der Waals surface area contributed by atoms with Crippen LogP contribution in [0.2, 0.25) is 0 Å². The summed E-state index contributed by atoms with van der Waals surface area (Å²) < 4.78 is 0. The summed E-state index contributed by atoms with van der Waals surface area (Å²) in [7, 11) is 4.50. The van der Waals surface area contributed by atoms with Gasteiger partial charge in [-0.15, -0.1) is 0 Å². The summed E-state index contributed by atoms with van der Waals surface area (Å²) in [6, 6.07) is 0. The molecule has 2 bridgehead atoms. The Bertz CT molecular complexity index is 219. The van der Waals surface area contributed by atoms with Crippen molar-refractivity contribution in [1.29, 1.82) is 0 Å². The highest BCUT2D eigenvalue weighted by Crippen LogP contribution is 2.62. The van der Waals surface area contributed by atoms with Gasteiger partial charge >= 0.3 is 0 Å². The van der Waals surface area contributed by atoms with E-state index in [2.05, 4.69) is 39.8 Å². The minimum atomic E-state index is 0.440. The molecule has 0 amide bonds. The fourth-order valence-corrected chi connectivity index (χ4v) is 4.03. The third-order valence-electron chi connectivity index (χ3n) is 5.48. The van der Waals surface area contributed by atoms with E-state index < -0.39 is 0 Å². The molecule has 2 aliphatic rings. The van der Waals surface area contributed by atoms with Crippen LogP contribution in [0.25, 0.3) is 0 Å². The lowest BCUT2D eigenvalue weighted by Gasteiger charge is -2.52. The minimum Gasteiger partial charge on any atom is -0.303 e. The van der Waals surface area contributed by atoms with Crippen molar-refractivity contribution in [2.24, 2.45) is 17.3 Å². The first-order valence-corrected chi connectivity index (χ1v) is 5.58. The molecular weight excluding hydrogens is 158 g/mol. The summed E-state index contributed by atoms with van der Waals surface area (Å²) in [5.74, 6) is 1.92. The van der Waals surface area contributed by atoms with E-state index in [1.54, 1.807) is 0 Å². The van der Waals surface area contributed by atoms with Gasteiger partial charge in [0.25, 0.3) is 0 Å². The molecule has 0 unspecified atom stereocenters. The van der Waals surface area contributed by atoms with Gasteiger partial charge in [0.1, 0.15) is 0 Å². The molecule has 76 valence electrons. The van der Waals surface area contributed by atoms with Gasteiger partial charge < -0.3 is 4.90 Å². The number of nitrogens with zero attached hydrogens (tertiary/aromatic N) is 1. The van der Waals surface area contributed by atoms with E-state index in [0.29, 0.717) is 11.0 Å². The van der Waals surface area contributed by atoms with E-state index >= 15 is 0 Å². The Labute approximate surface area is 82.5 Å². The van der Waals surface area contributed by atoms with Crippen molar-refractivity contribution < 1.29 is 0 Å². The second-order valence-corrected chi connectivity index (χ2v) is 5.97. The van der Waals surface area contributed by atoms with Gasteiger partial charge in [-0.3, -0.25) is 0 Å². The van der Waals surface area contributed by atoms with Gasteiger partial charge in [-0.2, -0.15) is 0 Å². The van der Waals surface area contributed by atoms with Crippen molar-refractivity contribution in [3.63, 3.8) is 0 Å². The minimum absolute atomic E-state index is 0.440. The second-order valence-electron chi connectivity index (χ2n) is 5.97. The molecule has 1 nitrogen and oxygen atoms in total. The first-order chi connectivity index (χ1) is 5.90. The van der Waals surface area contributed by atoms with E-state index in [1.807, 2.05) is 0 Å². The van der Waals surface area contributed by atoms with Gasteiger partial charge in [-0.05, 0) is 57.5 Å². The lowest BCUT2D eigenvalue weighted by molar-refractivity contribution is -0.0155. The predicted octanol–water partition coefficient (Wildman–Crippen LogP) is 2.76. The molecule has 0 aromatic carbocycles. The van der Waals surface area contributed by atoms with Crippen LogP contribution in [0, 0.1) is 17.3 Å². The SMILES string of the molecule is CN(C)[C@@]1(C)[C@H]2CC[C@@H](C2)C1(C)C. The number of fused-ring (bicyclic) bond motifs is 2. The second kappa shape index (κ2) is 2.50. The zero-order valence-corrected chi connectivity index (χ0v) is 9.72. The molecule has 2 rings (SSSR count). The van der Waals surface area contributed by atoms with Crippen LogP contribution < -0.4 is 0 Å². The summed E-state index contributed by atoms with van der Waals surface area (Å²) in [5, 5.41) is 0. The van der Waals surface area contributed by atoms with Crippen LogP contribution in [0.15, 0.2) is 0 Å². The topological polar surface area (TPSA) is 3.24 Å².